The molecule has 0 radical (unpaired) electrons. The van der Waals surface area contributed by atoms with E-state index >= 15 is 0 Å². The summed E-state index contributed by atoms with van der Waals surface area (Å²) in [7, 11) is 0. The second-order valence-corrected chi connectivity index (χ2v) is 4.80. The quantitative estimate of drug-likeness (QED) is 0.845. The van der Waals surface area contributed by atoms with Crippen LogP contribution in [0.5, 0.6) is 0 Å². The number of aromatic nitrogens is 1. The summed E-state index contributed by atoms with van der Waals surface area (Å²) in [6.07, 6.45) is -1.19. The Morgan fingerprint density at radius 2 is 2.16 bits per heavy atom. The number of nitrogens with zero attached hydrogens (tertiary/aromatic N) is 2. The maximum absolute atomic E-state index is 12.7. The van der Waals surface area contributed by atoms with Crippen molar-refractivity contribution in [1.29, 1.82) is 0 Å². The molecule has 0 aromatic carbocycles. The molecule has 2 heterocycles. The third-order valence-corrected chi connectivity index (χ3v) is 3.64. The fourth-order valence-electron chi connectivity index (χ4n) is 2.64. The normalized spacial score (nSPS) is 20.9. The minimum Gasteiger partial charge on any atom is -0.313 e. The van der Waals surface area contributed by atoms with Crippen LogP contribution in [-0.2, 0) is 12.7 Å². The number of hydrogen-bond acceptors (Lipinski definition) is 2. The molecule has 1 atom stereocenters. The molecular weight excluding hydrogens is 257 g/mol. The number of likely N-dealkylation sites (N-methyl/N-ethyl adjacent to an activating group) is 1. The van der Waals surface area contributed by atoms with Gasteiger partial charge in [0.05, 0.1) is 0 Å². The molecule has 6 heteroatoms. The van der Waals surface area contributed by atoms with Crippen LogP contribution in [-0.4, -0.2) is 28.6 Å². The smallest absolute Gasteiger partial charge is 0.313 e. The third kappa shape index (κ3) is 3.00. The summed E-state index contributed by atoms with van der Waals surface area (Å²) >= 11 is 0. The van der Waals surface area contributed by atoms with Gasteiger partial charge < -0.3 is 4.57 Å². The number of likely N-dealkylation sites (tertiary alicyclic amines) is 1. The molecule has 106 valence electrons. The molecule has 1 fully saturated rings. The first-order valence-electron chi connectivity index (χ1n) is 6.44. The predicted octanol–water partition coefficient (Wildman–Crippen LogP) is 2.35. The summed E-state index contributed by atoms with van der Waals surface area (Å²) in [6.45, 7) is 4.16. The van der Waals surface area contributed by atoms with Crippen LogP contribution in [0.25, 0.3) is 0 Å². The first-order valence-corrected chi connectivity index (χ1v) is 6.44. The average molecular weight is 274 g/mol. The molecule has 1 saturated heterocycles. The lowest BCUT2D eigenvalue weighted by Gasteiger charge is -2.23. The molecule has 0 bridgehead atoms. The second kappa shape index (κ2) is 5.36. The number of pyridine rings is 1. The zero-order valence-electron chi connectivity index (χ0n) is 10.8. The predicted molar refractivity (Wildman–Crippen MR) is 66.0 cm³/mol. The molecule has 0 saturated carbocycles. The Morgan fingerprint density at radius 1 is 1.42 bits per heavy atom. The second-order valence-electron chi connectivity index (χ2n) is 4.80. The molecule has 0 spiro atoms. The van der Waals surface area contributed by atoms with Gasteiger partial charge >= 0.3 is 6.18 Å². The minimum atomic E-state index is -4.58. The van der Waals surface area contributed by atoms with E-state index in [1.165, 1.54) is 16.8 Å². The van der Waals surface area contributed by atoms with Gasteiger partial charge in [-0.25, -0.2) is 0 Å². The van der Waals surface area contributed by atoms with Crippen LogP contribution in [0.3, 0.4) is 0 Å². The van der Waals surface area contributed by atoms with E-state index in [4.69, 9.17) is 0 Å². The van der Waals surface area contributed by atoms with Gasteiger partial charge in [-0.3, -0.25) is 9.69 Å². The molecule has 0 amide bonds. The average Bonchev–Trinajstić information content (AvgIpc) is 2.77. The number of halogens is 3. The third-order valence-electron chi connectivity index (χ3n) is 3.64. The van der Waals surface area contributed by atoms with Crippen LogP contribution in [0.4, 0.5) is 13.2 Å². The highest BCUT2D eigenvalue weighted by molar-refractivity contribution is 5.14. The lowest BCUT2D eigenvalue weighted by atomic mass is 10.2. The summed E-state index contributed by atoms with van der Waals surface area (Å²) in [5, 5.41) is 0. The summed E-state index contributed by atoms with van der Waals surface area (Å²) in [6, 6.07) is 2.28. The van der Waals surface area contributed by atoms with E-state index in [1.807, 2.05) is 6.92 Å². The van der Waals surface area contributed by atoms with Crippen LogP contribution in [0.2, 0.25) is 0 Å². The number of hydrogen-bond donors (Lipinski definition) is 0. The van der Waals surface area contributed by atoms with E-state index in [0.29, 0.717) is 6.54 Å². The van der Waals surface area contributed by atoms with Gasteiger partial charge in [0, 0.05) is 18.8 Å². The first-order chi connectivity index (χ1) is 8.93. The highest BCUT2D eigenvalue weighted by Crippen LogP contribution is 2.26. The fraction of sp³-hybridized carbons (Fsp3) is 0.615. The van der Waals surface area contributed by atoms with Crippen molar-refractivity contribution >= 4 is 0 Å². The van der Waals surface area contributed by atoms with E-state index in [0.717, 1.165) is 32.0 Å². The van der Waals surface area contributed by atoms with Crippen molar-refractivity contribution in [3.63, 3.8) is 0 Å². The Morgan fingerprint density at radius 3 is 2.79 bits per heavy atom. The van der Waals surface area contributed by atoms with Crippen molar-refractivity contribution in [3.05, 3.63) is 34.2 Å². The van der Waals surface area contributed by atoms with E-state index < -0.39 is 17.3 Å². The fourth-order valence-corrected chi connectivity index (χ4v) is 2.64. The molecule has 1 aliphatic heterocycles. The Kier molecular flexibility index (Phi) is 3.99. The molecule has 0 unspecified atom stereocenters. The largest absolute Gasteiger partial charge is 0.421 e. The number of rotatable bonds is 3. The molecular formula is C13H17F3N2O. The SMILES string of the molecule is CCN1CCC[C@@H]1Cn1cccc(C(F)(F)F)c1=O. The Balaban J connectivity index is 2.24. The first kappa shape index (κ1) is 14.1. The molecule has 1 aromatic rings. The van der Waals surface area contributed by atoms with Gasteiger partial charge in [-0.1, -0.05) is 6.92 Å². The van der Waals surface area contributed by atoms with Crippen LogP contribution >= 0.6 is 0 Å². The highest BCUT2D eigenvalue weighted by atomic mass is 19.4. The van der Waals surface area contributed by atoms with E-state index in [1.54, 1.807) is 0 Å². The van der Waals surface area contributed by atoms with E-state index in [-0.39, 0.29) is 6.04 Å². The summed E-state index contributed by atoms with van der Waals surface area (Å²) < 4.78 is 39.2. The van der Waals surface area contributed by atoms with Gasteiger partial charge in [-0.15, -0.1) is 0 Å². The Labute approximate surface area is 109 Å². The van der Waals surface area contributed by atoms with Crippen molar-refractivity contribution in [3.8, 4) is 0 Å². The summed E-state index contributed by atoms with van der Waals surface area (Å²) in [5.41, 5.74) is -2.03. The standard InChI is InChI=1S/C13H17F3N2O/c1-2-17-7-3-5-10(17)9-18-8-4-6-11(12(18)19)13(14,15)16/h4,6,8,10H,2-3,5,7,9H2,1H3/t10-/m1/s1. The minimum absolute atomic E-state index is 0.159. The van der Waals surface area contributed by atoms with Gasteiger partial charge in [-0.2, -0.15) is 13.2 Å². The van der Waals surface area contributed by atoms with Crippen molar-refractivity contribution in [2.24, 2.45) is 0 Å². The molecule has 1 aliphatic rings. The van der Waals surface area contributed by atoms with Crippen molar-refractivity contribution < 1.29 is 13.2 Å². The molecule has 1 aromatic heterocycles. The monoisotopic (exact) mass is 274 g/mol. The van der Waals surface area contributed by atoms with Crippen LogP contribution in [0.1, 0.15) is 25.3 Å². The van der Waals surface area contributed by atoms with Gasteiger partial charge in [0.2, 0.25) is 0 Å². The molecule has 19 heavy (non-hydrogen) atoms. The van der Waals surface area contributed by atoms with E-state index in [9.17, 15) is 18.0 Å². The maximum atomic E-state index is 12.7. The van der Waals surface area contributed by atoms with Gasteiger partial charge in [0.15, 0.2) is 0 Å². The van der Waals surface area contributed by atoms with Crippen LogP contribution < -0.4 is 5.56 Å². The molecule has 0 N–H and O–H groups in total. The maximum Gasteiger partial charge on any atom is 0.421 e. The lowest BCUT2D eigenvalue weighted by molar-refractivity contribution is -0.139. The van der Waals surface area contributed by atoms with Crippen molar-refractivity contribution in [2.75, 3.05) is 13.1 Å². The molecule has 2 rings (SSSR count). The summed E-state index contributed by atoms with van der Waals surface area (Å²) in [4.78, 5) is 14.0. The zero-order valence-corrected chi connectivity index (χ0v) is 10.8. The van der Waals surface area contributed by atoms with Crippen LogP contribution in [0, 0.1) is 0 Å². The van der Waals surface area contributed by atoms with Crippen LogP contribution in [0.15, 0.2) is 23.1 Å². The molecule has 3 nitrogen and oxygen atoms in total. The zero-order chi connectivity index (χ0) is 14.0. The lowest BCUT2D eigenvalue weighted by Crippen LogP contribution is -2.37. The Hall–Kier alpha value is -1.30. The summed E-state index contributed by atoms with van der Waals surface area (Å²) in [5.74, 6) is 0. The van der Waals surface area contributed by atoms with Crippen molar-refractivity contribution in [2.45, 2.75) is 38.5 Å². The topological polar surface area (TPSA) is 25.2 Å². The number of alkyl halides is 3. The van der Waals surface area contributed by atoms with Gasteiger partial charge in [-0.05, 0) is 38.1 Å². The van der Waals surface area contributed by atoms with Gasteiger partial charge in [0.1, 0.15) is 5.56 Å². The van der Waals surface area contributed by atoms with Gasteiger partial charge in [0.25, 0.3) is 5.56 Å². The Bertz CT molecular complexity index is 495. The van der Waals surface area contributed by atoms with Crippen molar-refractivity contribution in [1.82, 2.24) is 9.47 Å². The highest BCUT2D eigenvalue weighted by Gasteiger charge is 2.34. The van der Waals surface area contributed by atoms with E-state index in [2.05, 4.69) is 4.90 Å². The molecule has 0 aliphatic carbocycles.